The van der Waals surface area contributed by atoms with Crippen molar-refractivity contribution in [2.24, 2.45) is 0 Å². The van der Waals surface area contributed by atoms with E-state index in [0.717, 1.165) is 36.3 Å². The summed E-state index contributed by atoms with van der Waals surface area (Å²) in [4.78, 5) is 2.36. The van der Waals surface area contributed by atoms with Crippen LogP contribution in [-0.2, 0) is 5.33 Å². The number of nitrogens with zero attached hydrogens (tertiary/aromatic N) is 1. The summed E-state index contributed by atoms with van der Waals surface area (Å²) in [6.07, 6.45) is 1.03. The Balaban J connectivity index is 2.09. The maximum absolute atomic E-state index is 5.82. The third kappa shape index (κ3) is 2.47. The molecule has 0 bridgehead atoms. The van der Waals surface area contributed by atoms with Gasteiger partial charge in [0.2, 0.25) is 0 Å². The average molecular weight is 318 g/mol. The molecule has 1 aliphatic heterocycles. The van der Waals surface area contributed by atoms with Crippen molar-refractivity contribution >= 4 is 27.3 Å². The first-order chi connectivity index (χ1) is 9.40. The summed E-state index contributed by atoms with van der Waals surface area (Å²) in [7, 11) is 0. The number of anilines is 2. The summed E-state index contributed by atoms with van der Waals surface area (Å²) in [6.45, 7) is 1.77. The second-order valence-corrected chi connectivity index (χ2v) is 5.14. The Hall–Kier alpha value is -1.48. The Morgan fingerprint density at radius 1 is 1.00 bits per heavy atom. The van der Waals surface area contributed by atoms with E-state index in [4.69, 9.17) is 4.74 Å². The number of para-hydroxylation sites is 3. The Morgan fingerprint density at radius 3 is 2.58 bits per heavy atom. The maximum atomic E-state index is 5.82. The standard InChI is InChI=1S/C16H16BrNO/c17-12-13-6-1-2-7-14(13)18-10-5-11-19-16-9-4-3-8-15(16)18/h1-4,6-9H,5,10-12H2. The number of hydrogen-bond acceptors (Lipinski definition) is 2. The maximum Gasteiger partial charge on any atom is 0.142 e. The molecule has 0 fully saturated rings. The molecule has 0 radical (unpaired) electrons. The van der Waals surface area contributed by atoms with Gasteiger partial charge in [0.15, 0.2) is 0 Å². The van der Waals surface area contributed by atoms with Gasteiger partial charge in [0, 0.05) is 17.6 Å². The van der Waals surface area contributed by atoms with E-state index in [2.05, 4.69) is 57.2 Å². The van der Waals surface area contributed by atoms with E-state index in [0.29, 0.717) is 0 Å². The molecule has 1 heterocycles. The van der Waals surface area contributed by atoms with Crippen molar-refractivity contribution in [1.82, 2.24) is 0 Å². The molecule has 3 heteroatoms. The first-order valence-electron chi connectivity index (χ1n) is 6.53. The topological polar surface area (TPSA) is 12.5 Å². The number of ether oxygens (including phenoxy) is 1. The van der Waals surface area contributed by atoms with E-state index < -0.39 is 0 Å². The van der Waals surface area contributed by atoms with Crippen molar-refractivity contribution in [3.8, 4) is 5.75 Å². The molecule has 3 rings (SSSR count). The number of rotatable bonds is 2. The van der Waals surface area contributed by atoms with Crippen molar-refractivity contribution in [3.05, 3.63) is 54.1 Å². The van der Waals surface area contributed by atoms with E-state index in [1.54, 1.807) is 0 Å². The first kappa shape index (κ1) is 12.5. The lowest BCUT2D eigenvalue weighted by molar-refractivity contribution is 0.322. The van der Waals surface area contributed by atoms with E-state index in [-0.39, 0.29) is 0 Å². The Labute approximate surface area is 122 Å². The molecule has 0 N–H and O–H groups in total. The molecule has 0 saturated heterocycles. The molecule has 0 atom stereocenters. The molecule has 0 aliphatic carbocycles. The monoisotopic (exact) mass is 317 g/mol. The molecule has 0 amide bonds. The van der Waals surface area contributed by atoms with Crippen LogP contribution < -0.4 is 9.64 Å². The predicted molar refractivity (Wildman–Crippen MR) is 82.6 cm³/mol. The summed E-state index contributed by atoms with van der Waals surface area (Å²) < 4.78 is 5.82. The van der Waals surface area contributed by atoms with Crippen LogP contribution >= 0.6 is 15.9 Å². The van der Waals surface area contributed by atoms with Crippen LogP contribution in [0.25, 0.3) is 0 Å². The zero-order valence-corrected chi connectivity index (χ0v) is 12.3. The molecule has 2 aromatic rings. The molecule has 2 nitrogen and oxygen atoms in total. The van der Waals surface area contributed by atoms with Gasteiger partial charge in [0.05, 0.1) is 12.3 Å². The highest BCUT2D eigenvalue weighted by molar-refractivity contribution is 9.08. The van der Waals surface area contributed by atoms with Gasteiger partial charge in [-0.3, -0.25) is 0 Å². The lowest BCUT2D eigenvalue weighted by Crippen LogP contribution is -2.18. The fourth-order valence-electron chi connectivity index (χ4n) is 2.46. The fraction of sp³-hybridized carbons (Fsp3) is 0.250. The van der Waals surface area contributed by atoms with Crippen molar-refractivity contribution in [3.63, 3.8) is 0 Å². The number of alkyl halides is 1. The predicted octanol–water partition coefficient (Wildman–Crippen LogP) is 4.50. The van der Waals surface area contributed by atoms with Crippen LogP contribution in [0.2, 0.25) is 0 Å². The SMILES string of the molecule is BrCc1ccccc1N1CCCOc2ccccc21. The minimum absolute atomic E-state index is 0.782. The Bertz CT molecular complexity index is 570. The van der Waals surface area contributed by atoms with Gasteiger partial charge < -0.3 is 9.64 Å². The van der Waals surface area contributed by atoms with Crippen LogP contribution in [0.3, 0.4) is 0 Å². The largest absolute Gasteiger partial charge is 0.491 e. The summed E-state index contributed by atoms with van der Waals surface area (Å²) in [6, 6.07) is 16.8. The van der Waals surface area contributed by atoms with E-state index in [9.17, 15) is 0 Å². The van der Waals surface area contributed by atoms with Gasteiger partial charge >= 0.3 is 0 Å². The van der Waals surface area contributed by atoms with Crippen LogP contribution in [0.4, 0.5) is 11.4 Å². The molecule has 19 heavy (non-hydrogen) atoms. The molecule has 0 aromatic heterocycles. The fourth-order valence-corrected chi connectivity index (χ4v) is 2.94. The highest BCUT2D eigenvalue weighted by Gasteiger charge is 2.18. The van der Waals surface area contributed by atoms with Gasteiger partial charge in [0.25, 0.3) is 0 Å². The summed E-state index contributed by atoms with van der Waals surface area (Å²) in [5, 5.41) is 0.864. The lowest BCUT2D eigenvalue weighted by Gasteiger charge is -2.26. The molecule has 0 spiro atoms. The minimum Gasteiger partial charge on any atom is -0.491 e. The number of fused-ring (bicyclic) bond motifs is 1. The van der Waals surface area contributed by atoms with Gasteiger partial charge in [-0.2, -0.15) is 0 Å². The third-order valence-electron chi connectivity index (χ3n) is 3.37. The average Bonchev–Trinajstić information content (AvgIpc) is 2.69. The highest BCUT2D eigenvalue weighted by Crippen LogP contribution is 2.37. The zero-order valence-electron chi connectivity index (χ0n) is 10.7. The molecular formula is C16H16BrNO. The summed E-state index contributed by atoms with van der Waals surface area (Å²) in [5.41, 5.74) is 3.73. The third-order valence-corrected chi connectivity index (χ3v) is 3.97. The number of hydrogen-bond donors (Lipinski definition) is 0. The second-order valence-electron chi connectivity index (χ2n) is 4.58. The first-order valence-corrected chi connectivity index (χ1v) is 7.65. The smallest absolute Gasteiger partial charge is 0.142 e. The van der Waals surface area contributed by atoms with Crippen molar-refractivity contribution in [2.45, 2.75) is 11.8 Å². The van der Waals surface area contributed by atoms with Crippen molar-refractivity contribution in [1.29, 1.82) is 0 Å². The van der Waals surface area contributed by atoms with Gasteiger partial charge in [-0.15, -0.1) is 0 Å². The second kappa shape index (κ2) is 5.66. The summed E-state index contributed by atoms with van der Waals surface area (Å²) >= 11 is 3.58. The molecule has 0 saturated carbocycles. The lowest BCUT2D eigenvalue weighted by atomic mass is 10.1. The highest BCUT2D eigenvalue weighted by atomic mass is 79.9. The van der Waals surface area contributed by atoms with Crippen molar-refractivity contribution in [2.75, 3.05) is 18.1 Å². The van der Waals surface area contributed by atoms with Crippen LogP contribution in [0.1, 0.15) is 12.0 Å². The van der Waals surface area contributed by atoms with Crippen molar-refractivity contribution < 1.29 is 4.74 Å². The van der Waals surface area contributed by atoms with Gasteiger partial charge in [0.1, 0.15) is 5.75 Å². The van der Waals surface area contributed by atoms with Crippen LogP contribution in [0.15, 0.2) is 48.5 Å². The summed E-state index contributed by atoms with van der Waals surface area (Å²) in [5.74, 6) is 0.976. The minimum atomic E-state index is 0.782. The molecule has 98 valence electrons. The van der Waals surface area contributed by atoms with Crippen LogP contribution in [-0.4, -0.2) is 13.2 Å². The molecule has 0 unspecified atom stereocenters. The van der Waals surface area contributed by atoms with E-state index >= 15 is 0 Å². The molecular weight excluding hydrogens is 302 g/mol. The van der Waals surface area contributed by atoms with Crippen LogP contribution in [0.5, 0.6) is 5.75 Å². The number of halogens is 1. The van der Waals surface area contributed by atoms with Gasteiger partial charge in [-0.1, -0.05) is 46.3 Å². The Morgan fingerprint density at radius 2 is 1.74 bits per heavy atom. The molecule has 2 aromatic carbocycles. The Kier molecular flexibility index (Phi) is 3.74. The zero-order chi connectivity index (χ0) is 13.1. The van der Waals surface area contributed by atoms with E-state index in [1.165, 1.54) is 11.3 Å². The normalized spacial score (nSPS) is 14.5. The van der Waals surface area contributed by atoms with E-state index in [1.807, 2.05) is 12.1 Å². The number of benzene rings is 2. The quantitative estimate of drug-likeness (QED) is 0.756. The molecule has 1 aliphatic rings. The van der Waals surface area contributed by atoms with Gasteiger partial charge in [-0.25, -0.2) is 0 Å². The van der Waals surface area contributed by atoms with Crippen LogP contribution in [0, 0.1) is 0 Å². The van der Waals surface area contributed by atoms with Gasteiger partial charge in [-0.05, 0) is 30.2 Å².